The van der Waals surface area contributed by atoms with Gasteiger partial charge in [-0.15, -0.1) is 0 Å². The first kappa shape index (κ1) is 36.4. The van der Waals surface area contributed by atoms with Gasteiger partial charge in [0.25, 0.3) is 11.8 Å². The lowest BCUT2D eigenvalue weighted by molar-refractivity contribution is -0.141. The molecule has 0 aliphatic carbocycles. The quantitative estimate of drug-likeness (QED) is 0.0706. The number of amides is 5. The van der Waals surface area contributed by atoms with Crippen molar-refractivity contribution in [2.45, 2.75) is 79.6 Å². The van der Waals surface area contributed by atoms with E-state index in [2.05, 4.69) is 32.8 Å². The first-order valence-corrected chi connectivity index (χ1v) is 13.9. The van der Waals surface area contributed by atoms with Crippen LogP contribution in [0.15, 0.2) is 59.6 Å². The lowest BCUT2D eigenvalue weighted by Gasteiger charge is -2.31. The Morgan fingerprint density at radius 1 is 0.930 bits per heavy atom. The Kier molecular flexibility index (Phi) is 14.2. The molecule has 0 aliphatic heterocycles. The topological polar surface area (TPSA) is 189 Å². The summed E-state index contributed by atoms with van der Waals surface area (Å²) in [6.07, 6.45) is 2.72. The highest BCUT2D eigenvalue weighted by Crippen LogP contribution is 2.20. The fourth-order valence-corrected chi connectivity index (χ4v) is 3.80. The van der Waals surface area contributed by atoms with E-state index < -0.39 is 64.8 Å². The van der Waals surface area contributed by atoms with Crippen molar-refractivity contribution in [3.8, 4) is 0 Å². The van der Waals surface area contributed by atoms with Gasteiger partial charge in [0.05, 0.1) is 6.04 Å². The highest BCUT2D eigenvalue weighted by Gasteiger charge is 2.36. The molecular formula is C31H44N6O6. The maximum Gasteiger partial charge on any atom is 0.289 e. The first-order chi connectivity index (χ1) is 20.0. The van der Waals surface area contributed by atoms with Crippen LogP contribution in [0.4, 0.5) is 0 Å². The van der Waals surface area contributed by atoms with E-state index in [1.54, 1.807) is 46.8 Å². The number of aliphatic imine (C=N–C) groups is 1. The van der Waals surface area contributed by atoms with Crippen LogP contribution in [0, 0.1) is 11.3 Å². The summed E-state index contributed by atoms with van der Waals surface area (Å²) < 4.78 is 0. The standard InChI is InChI=1S/C31H44N6O6/c1-9-22(15-16-23(32)35-20(5)38)28(41)37-26(31(6,7)8)30(43)34-19(4)27(40)36-24(18(2)3)25(39)29(42)33-17-21-13-11-10-12-14-21/h9-15,18-19,24,26H,1,16-17H2,2-8H3,(H,33,42)(H,34,43)(H,36,40)(H,37,41)(H2,32,35,38)/b22-15+. The zero-order valence-electron chi connectivity index (χ0n) is 25.9. The molecule has 5 amide bonds. The SMILES string of the molecule is C=C/C(=C\CC(N)=NC(C)=O)C(=O)NC(C(=O)NC(C)C(=O)NC(C(=O)C(=O)NCc1ccccc1)C(C)C)C(C)(C)C. The van der Waals surface area contributed by atoms with E-state index in [-0.39, 0.29) is 24.4 Å². The Labute approximate surface area is 253 Å². The van der Waals surface area contributed by atoms with Crippen molar-refractivity contribution >= 4 is 41.2 Å². The summed E-state index contributed by atoms with van der Waals surface area (Å²) in [4.78, 5) is 79.4. The third-order valence-electron chi connectivity index (χ3n) is 6.24. The predicted octanol–water partition coefficient (Wildman–Crippen LogP) is 1.45. The molecule has 12 heteroatoms. The fourth-order valence-electron chi connectivity index (χ4n) is 3.80. The highest BCUT2D eigenvalue weighted by atomic mass is 16.2. The van der Waals surface area contributed by atoms with Crippen LogP contribution < -0.4 is 27.0 Å². The number of nitrogens with two attached hydrogens (primary N) is 1. The minimum atomic E-state index is -1.12. The molecule has 43 heavy (non-hydrogen) atoms. The van der Waals surface area contributed by atoms with Crippen LogP contribution in [0.5, 0.6) is 0 Å². The van der Waals surface area contributed by atoms with Crippen molar-refractivity contribution in [1.82, 2.24) is 21.3 Å². The molecule has 12 nitrogen and oxygen atoms in total. The summed E-state index contributed by atoms with van der Waals surface area (Å²) in [6.45, 7) is 15.0. The maximum absolute atomic E-state index is 13.3. The Balaban J connectivity index is 2.93. The molecule has 0 spiro atoms. The van der Waals surface area contributed by atoms with Gasteiger partial charge in [-0.2, -0.15) is 0 Å². The van der Waals surface area contributed by atoms with E-state index in [1.165, 1.54) is 26.0 Å². The highest BCUT2D eigenvalue weighted by molar-refractivity contribution is 6.38. The molecule has 0 aromatic heterocycles. The minimum absolute atomic E-state index is 0.0106. The van der Waals surface area contributed by atoms with Crippen molar-refractivity contribution in [2.75, 3.05) is 0 Å². The summed E-state index contributed by atoms with van der Waals surface area (Å²) in [7, 11) is 0. The number of carbonyl (C=O) groups is 6. The van der Waals surface area contributed by atoms with Crippen LogP contribution in [-0.4, -0.2) is 59.3 Å². The fraction of sp³-hybridized carbons (Fsp3) is 0.452. The molecule has 1 aromatic rings. The smallest absolute Gasteiger partial charge is 0.289 e. The van der Waals surface area contributed by atoms with E-state index in [4.69, 9.17) is 5.73 Å². The maximum atomic E-state index is 13.3. The van der Waals surface area contributed by atoms with Gasteiger partial charge in [-0.25, -0.2) is 4.99 Å². The number of Topliss-reactive ketones (excluding diaryl/α,β-unsaturated/α-hetero) is 1. The number of nitrogens with zero attached hydrogens (tertiary/aromatic N) is 1. The number of amidine groups is 1. The monoisotopic (exact) mass is 596 g/mol. The molecule has 1 aromatic carbocycles. The van der Waals surface area contributed by atoms with Gasteiger partial charge in [-0.05, 0) is 23.8 Å². The number of hydrogen-bond donors (Lipinski definition) is 5. The van der Waals surface area contributed by atoms with Crippen LogP contribution >= 0.6 is 0 Å². The summed E-state index contributed by atoms with van der Waals surface area (Å²) in [5.74, 6) is -4.47. The van der Waals surface area contributed by atoms with Crippen molar-refractivity contribution in [1.29, 1.82) is 0 Å². The molecule has 1 rings (SSSR count). The normalized spacial score (nSPS) is 14.1. The van der Waals surface area contributed by atoms with Crippen molar-refractivity contribution in [3.05, 3.63) is 60.2 Å². The van der Waals surface area contributed by atoms with Crippen LogP contribution in [0.3, 0.4) is 0 Å². The molecule has 0 bridgehead atoms. The molecule has 3 unspecified atom stereocenters. The van der Waals surface area contributed by atoms with Crippen molar-refractivity contribution in [2.24, 2.45) is 22.1 Å². The van der Waals surface area contributed by atoms with Gasteiger partial charge < -0.3 is 27.0 Å². The molecule has 6 N–H and O–H groups in total. The summed E-state index contributed by atoms with van der Waals surface area (Å²) >= 11 is 0. The van der Waals surface area contributed by atoms with Gasteiger partial charge in [-0.3, -0.25) is 28.8 Å². The summed E-state index contributed by atoms with van der Waals surface area (Å²) in [5.41, 5.74) is 5.83. The number of nitrogens with one attached hydrogen (secondary N) is 4. The Morgan fingerprint density at radius 2 is 1.53 bits per heavy atom. The summed E-state index contributed by atoms with van der Waals surface area (Å²) in [6, 6.07) is 5.76. The Morgan fingerprint density at radius 3 is 2.05 bits per heavy atom. The number of hydrogen-bond acceptors (Lipinski definition) is 6. The molecule has 0 heterocycles. The van der Waals surface area contributed by atoms with Crippen LogP contribution in [0.1, 0.15) is 60.5 Å². The summed E-state index contributed by atoms with van der Waals surface area (Å²) in [5, 5.41) is 10.4. The molecule has 0 aliphatic rings. The zero-order chi connectivity index (χ0) is 32.9. The van der Waals surface area contributed by atoms with E-state index in [1.807, 2.05) is 18.2 Å². The Hall–Kier alpha value is -4.61. The third-order valence-corrected chi connectivity index (χ3v) is 6.24. The second-order valence-corrected chi connectivity index (χ2v) is 11.5. The average molecular weight is 597 g/mol. The molecule has 0 saturated heterocycles. The second kappa shape index (κ2) is 16.7. The molecule has 0 saturated carbocycles. The van der Waals surface area contributed by atoms with E-state index in [0.717, 1.165) is 5.56 Å². The lowest BCUT2D eigenvalue weighted by Crippen LogP contribution is -2.59. The lowest BCUT2D eigenvalue weighted by atomic mass is 9.85. The Bertz CT molecular complexity index is 1260. The third kappa shape index (κ3) is 12.4. The van der Waals surface area contributed by atoms with Gasteiger partial charge >= 0.3 is 0 Å². The number of benzene rings is 1. The molecular weight excluding hydrogens is 552 g/mol. The number of rotatable bonds is 14. The predicted molar refractivity (Wildman–Crippen MR) is 164 cm³/mol. The average Bonchev–Trinajstić information content (AvgIpc) is 2.92. The second-order valence-electron chi connectivity index (χ2n) is 11.5. The van der Waals surface area contributed by atoms with E-state index in [0.29, 0.717) is 0 Å². The van der Waals surface area contributed by atoms with Gasteiger partial charge in [0.15, 0.2) is 0 Å². The molecule has 0 radical (unpaired) electrons. The number of carbonyl (C=O) groups excluding carboxylic acids is 6. The van der Waals surface area contributed by atoms with Crippen LogP contribution in [-0.2, 0) is 35.3 Å². The molecule has 3 atom stereocenters. The van der Waals surface area contributed by atoms with Crippen LogP contribution in [0.25, 0.3) is 0 Å². The van der Waals surface area contributed by atoms with Gasteiger partial charge in [0.1, 0.15) is 17.9 Å². The van der Waals surface area contributed by atoms with Crippen molar-refractivity contribution in [3.63, 3.8) is 0 Å². The first-order valence-electron chi connectivity index (χ1n) is 13.9. The van der Waals surface area contributed by atoms with Gasteiger partial charge in [-0.1, -0.05) is 83.7 Å². The van der Waals surface area contributed by atoms with E-state index >= 15 is 0 Å². The van der Waals surface area contributed by atoms with Crippen molar-refractivity contribution < 1.29 is 28.8 Å². The zero-order valence-corrected chi connectivity index (χ0v) is 25.9. The van der Waals surface area contributed by atoms with Crippen LogP contribution in [0.2, 0.25) is 0 Å². The van der Waals surface area contributed by atoms with Gasteiger partial charge in [0, 0.05) is 25.5 Å². The minimum Gasteiger partial charge on any atom is -0.387 e. The largest absolute Gasteiger partial charge is 0.387 e. The molecule has 0 fully saturated rings. The molecule has 234 valence electrons. The van der Waals surface area contributed by atoms with Gasteiger partial charge in [0.2, 0.25) is 23.5 Å². The van der Waals surface area contributed by atoms with E-state index in [9.17, 15) is 28.8 Å². The number of ketones is 1.